The first kappa shape index (κ1) is 19.0. The van der Waals surface area contributed by atoms with Crippen molar-refractivity contribution in [2.75, 3.05) is 32.7 Å². The molecule has 1 unspecified atom stereocenters. The number of rotatable bonds is 10. The highest BCUT2D eigenvalue weighted by Gasteiger charge is 2.23. The number of hydrogen-bond acceptors (Lipinski definition) is 6. The second-order valence-electron chi connectivity index (χ2n) is 5.84. The summed E-state index contributed by atoms with van der Waals surface area (Å²) in [6, 6.07) is 5.25. The number of amides is 2. The topological polar surface area (TPSA) is 112 Å². The van der Waals surface area contributed by atoms with Crippen molar-refractivity contribution in [3.8, 4) is 11.5 Å². The number of anilines is 1. The first-order valence-corrected chi connectivity index (χ1v) is 8.18. The number of nitrogens with one attached hydrogen (secondary N) is 2. The highest BCUT2D eigenvalue weighted by molar-refractivity contribution is 5.91. The van der Waals surface area contributed by atoms with Crippen molar-refractivity contribution in [1.29, 1.82) is 0 Å². The fourth-order valence-corrected chi connectivity index (χ4v) is 2.19. The van der Waals surface area contributed by atoms with E-state index in [9.17, 15) is 9.59 Å². The quantitative estimate of drug-likeness (QED) is 0.571. The number of hydrogen-bond donors (Lipinski definition) is 3. The van der Waals surface area contributed by atoms with Crippen LogP contribution in [0.15, 0.2) is 18.2 Å². The highest BCUT2D eigenvalue weighted by atomic mass is 16.5. The Hall–Kier alpha value is -2.32. The van der Waals surface area contributed by atoms with Crippen LogP contribution in [0.2, 0.25) is 0 Å². The summed E-state index contributed by atoms with van der Waals surface area (Å²) < 4.78 is 15.9. The third-order valence-corrected chi connectivity index (χ3v) is 3.76. The predicted octanol–water partition coefficient (Wildman–Crippen LogP) is 0.655. The van der Waals surface area contributed by atoms with Crippen LogP contribution in [0.4, 0.5) is 5.69 Å². The molecule has 0 saturated heterocycles. The molecule has 1 saturated carbocycles. The molecule has 4 N–H and O–H groups in total. The van der Waals surface area contributed by atoms with E-state index in [0.29, 0.717) is 17.2 Å². The molecule has 8 heteroatoms. The van der Waals surface area contributed by atoms with Crippen LogP contribution in [0.5, 0.6) is 11.5 Å². The lowest BCUT2D eigenvalue weighted by molar-refractivity contribution is -0.123. The van der Waals surface area contributed by atoms with Crippen molar-refractivity contribution in [3.05, 3.63) is 18.2 Å². The molecule has 1 aromatic rings. The summed E-state index contributed by atoms with van der Waals surface area (Å²) in [5, 5.41) is 5.59. The first-order valence-electron chi connectivity index (χ1n) is 8.18. The molecule has 0 radical (unpaired) electrons. The Morgan fingerprint density at radius 2 is 2.00 bits per heavy atom. The smallest absolute Gasteiger partial charge is 0.258 e. The number of nitrogens with two attached hydrogens (primary N) is 1. The molecule has 0 heterocycles. The Labute approximate surface area is 147 Å². The van der Waals surface area contributed by atoms with E-state index in [-0.39, 0.29) is 43.5 Å². The lowest BCUT2D eigenvalue weighted by Crippen LogP contribution is -2.30. The van der Waals surface area contributed by atoms with Gasteiger partial charge in [0.2, 0.25) is 5.91 Å². The van der Waals surface area contributed by atoms with E-state index in [1.54, 1.807) is 18.2 Å². The van der Waals surface area contributed by atoms with Crippen LogP contribution in [0, 0.1) is 0 Å². The predicted molar refractivity (Wildman–Crippen MR) is 92.8 cm³/mol. The van der Waals surface area contributed by atoms with E-state index < -0.39 is 0 Å². The summed E-state index contributed by atoms with van der Waals surface area (Å²) in [7, 11) is 3.02. The van der Waals surface area contributed by atoms with Crippen molar-refractivity contribution in [3.63, 3.8) is 0 Å². The van der Waals surface area contributed by atoms with Gasteiger partial charge in [-0.15, -0.1) is 0 Å². The van der Waals surface area contributed by atoms with Crippen LogP contribution < -0.4 is 25.8 Å². The average Bonchev–Trinajstić information content (AvgIpc) is 3.42. The van der Waals surface area contributed by atoms with E-state index in [1.807, 2.05) is 0 Å². The fourth-order valence-electron chi connectivity index (χ4n) is 2.19. The molecule has 2 rings (SSSR count). The zero-order chi connectivity index (χ0) is 18.2. The van der Waals surface area contributed by atoms with Crippen molar-refractivity contribution in [2.24, 2.45) is 5.73 Å². The minimum Gasteiger partial charge on any atom is -0.493 e. The molecule has 0 aliphatic heterocycles. The average molecular weight is 351 g/mol. The molecule has 0 spiro atoms. The largest absolute Gasteiger partial charge is 0.493 e. The molecule has 25 heavy (non-hydrogen) atoms. The Kier molecular flexibility index (Phi) is 7.03. The molecule has 8 nitrogen and oxygen atoms in total. The Morgan fingerprint density at radius 1 is 1.24 bits per heavy atom. The molecular formula is C17H25N3O5. The van der Waals surface area contributed by atoms with E-state index in [1.165, 1.54) is 14.2 Å². The molecule has 0 bridgehead atoms. The summed E-state index contributed by atoms with van der Waals surface area (Å²) in [6.07, 6.45) is 1.85. The van der Waals surface area contributed by atoms with Gasteiger partial charge >= 0.3 is 0 Å². The van der Waals surface area contributed by atoms with Gasteiger partial charge in [0.25, 0.3) is 5.91 Å². The number of carbonyl (C=O) groups excluding carboxylic acids is 2. The maximum atomic E-state index is 12.0. The van der Waals surface area contributed by atoms with Crippen LogP contribution >= 0.6 is 0 Å². The van der Waals surface area contributed by atoms with Gasteiger partial charge in [0, 0.05) is 31.5 Å². The maximum absolute atomic E-state index is 12.0. The molecule has 1 atom stereocenters. The number of benzene rings is 1. The van der Waals surface area contributed by atoms with E-state index in [0.717, 1.165) is 12.8 Å². The minimum atomic E-state index is -0.333. The lowest BCUT2D eigenvalue weighted by Gasteiger charge is -2.15. The summed E-state index contributed by atoms with van der Waals surface area (Å²) in [6.45, 7) is 0.153. The second kappa shape index (κ2) is 9.24. The van der Waals surface area contributed by atoms with Gasteiger partial charge in [-0.05, 0) is 25.0 Å². The minimum absolute atomic E-state index is 0.108. The second-order valence-corrected chi connectivity index (χ2v) is 5.84. The van der Waals surface area contributed by atoms with Crippen molar-refractivity contribution in [2.45, 2.75) is 31.4 Å². The zero-order valence-corrected chi connectivity index (χ0v) is 14.5. The normalized spacial score (nSPS) is 14.5. The van der Waals surface area contributed by atoms with Gasteiger partial charge in [0.05, 0.1) is 19.6 Å². The highest BCUT2D eigenvalue weighted by Crippen LogP contribution is 2.30. The van der Waals surface area contributed by atoms with Crippen LogP contribution in [0.25, 0.3) is 0 Å². The number of ether oxygens (including phenoxy) is 3. The van der Waals surface area contributed by atoms with Gasteiger partial charge in [-0.3, -0.25) is 9.59 Å². The van der Waals surface area contributed by atoms with Gasteiger partial charge in [-0.25, -0.2) is 0 Å². The lowest BCUT2D eigenvalue weighted by atomic mass is 10.2. The van der Waals surface area contributed by atoms with E-state index >= 15 is 0 Å². The van der Waals surface area contributed by atoms with Crippen LogP contribution in [-0.4, -0.2) is 51.3 Å². The van der Waals surface area contributed by atoms with Gasteiger partial charge in [0.15, 0.2) is 18.1 Å². The molecule has 1 aromatic carbocycles. The first-order chi connectivity index (χ1) is 12.0. The van der Waals surface area contributed by atoms with Crippen LogP contribution in [-0.2, 0) is 14.3 Å². The van der Waals surface area contributed by atoms with Crippen LogP contribution in [0.1, 0.15) is 19.3 Å². The fraction of sp³-hybridized carbons (Fsp3) is 0.529. The Bertz CT molecular complexity index is 600. The SMILES string of the molecule is COc1ccc(NC(=O)CC(CN)OC)cc1OCC(=O)NC1CC1. The van der Waals surface area contributed by atoms with Gasteiger partial charge in [-0.1, -0.05) is 0 Å². The Morgan fingerprint density at radius 3 is 2.60 bits per heavy atom. The molecule has 0 aromatic heterocycles. The molecule has 2 amide bonds. The molecule has 138 valence electrons. The summed E-state index contributed by atoms with van der Waals surface area (Å²) >= 11 is 0. The van der Waals surface area contributed by atoms with Crippen molar-refractivity contribution in [1.82, 2.24) is 5.32 Å². The molecule has 1 aliphatic carbocycles. The van der Waals surface area contributed by atoms with Gasteiger partial charge < -0.3 is 30.6 Å². The van der Waals surface area contributed by atoms with Gasteiger partial charge in [0.1, 0.15) is 0 Å². The zero-order valence-electron chi connectivity index (χ0n) is 14.5. The number of carbonyl (C=O) groups is 2. The van der Waals surface area contributed by atoms with Crippen molar-refractivity contribution >= 4 is 17.5 Å². The maximum Gasteiger partial charge on any atom is 0.258 e. The third-order valence-electron chi connectivity index (χ3n) is 3.76. The molecular weight excluding hydrogens is 326 g/mol. The van der Waals surface area contributed by atoms with E-state index in [2.05, 4.69) is 10.6 Å². The van der Waals surface area contributed by atoms with Crippen LogP contribution in [0.3, 0.4) is 0 Å². The molecule has 1 fully saturated rings. The monoisotopic (exact) mass is 351 g/mol. The molecule has 1 aliphatic rings. The van der Waals surface area contributed by atoms with Crippen molar-refractivity contribution < 1.29 is 23.8 Å². The summed E-state index contributed by atoms with van der Waals surface area (Å²) in [4.78, 5) is 23.8. The number of methoxy groups -OCH3 is 2. The standard InChI is InChI=1S/C17H25N3O5/c1-23-13(9-18)8-16(21)20-12-5-6-14(24-2)15(7-12)25-10-17(22)19-11-3-4-11/h5-7,11,13H,3-4,8-10,18H2,1-2H3,(H,19,22)(H,20,21). The Balaban J connectivity index is 1.95. The summed E-state index contributed by atoms with van der Waals surface area (Å²) in [5.74, 6) is 0.465. The third kappa shape index (κ3) is 6.24. The summed E-state index contributed by atoms with van der Waals surface area (Å²) in [5.41, 5.74) is 6.05. The van der Waals surface area contributed by atoms with E-state index in [4.69, 9.17) is 19.9 Å². The van der Waals surface area contributed by atoms with Gasteiger partial charge in [-0.2, -0.15) is 0 Å².